The monoisotopic (exact) mass is 306 g/mol. The molecule has 0 aliphatic heterocycles. The lowest BCUT2D eigenvalue weighted by atomic mass is 10.0. The average Bonchev–Trinajstić information content (AvgIpc) is 2.31. The summed E-state index contributed by atoms with van der Waals surface area (Å²) in [4.78, 5) is 0. The molecule has 0 saturated heterocycles. The van der Waals surface area contributed by atoms with Gasteiger partial charge in [-0.05, 0) is 41.5 Å². The predicted molar refractivity (Wildman–Crippen MR) is 71.9 cm³/mol. The van der Waals surface area contributed by atoms with E-state index >= 15 is 0 Å². The Morgan fingerprint density at radius 3 is 2.11 bits per heavy atom. The van der Waals surface area contributed by atoms with Gasteiger partial charge in [-0.2, -0.15) is 0 Å². The van der Waals surface area contributed by atoms with Crippen LogP contribution in [0.1, 0.15) is 12.0 Å². The van der Waals surface area contributed by atoms with Crippen LogP contribution in [0, 0.1) is 0 Å². The molecule has 0 spiro atoms. The fourth-order valence-corrected chi connectivity index (χ4v) is 2.12. The molecule has 5 heteroatoms. The molecule has 0 saturated carbocycles. The van der Waals surface area contributed by atoms with E-state index in [9.17, 15) is 8.78 Å². The van der Waals surface area contributed by atoms with E-state index in [0.29, 0.717) is 21.2 Å². The maximum absolute atomic E-state index is 12.7. The van der Waals surface area contributed by atoms with Crippen molar-refractivity contribution in [3.63, 3.8) is 0 Å². The van der Waals surface area contributed by atoms with Gasteiger partial charge in [-0.25, -0.2) is 8.78 Å². The van der Waals surface area contributed by atoms with Crippen LogP contribution >= 0.6 is 34.8 Å². The van der Waals surface area contributed by atoms with E-state index in [0.717, 1.165) is 0 Å². The van der Waals surface area contributed by atoms with Crippen LogP contribution in [0.5, 0.6) is 0 Å². The van der Waals surface area contributed by atoms with Gasteiger partial charge >= 0.3 is 0 Å². The average molecular weight is 308 g/mol. The Bertz CT molecular complexity index is 582. The van der Waals surface area contributed by atoms with Crippen LogP contribution in [0.25, 0.3) is 11.1 Å². The normalized spacial score (nSPS) is 11.0. The summed E-state index contributed by atoms with van der Waals surface area (Å²) in [5.74, 6) is 0. The van der Waals surface area contributed by atoms with Gasteiger partial charge in [-0.1, -0.05) is 40.9 Å². The summed E-state index contributed by atoms with van der Waals surface area (Å²) in [5.41, 5.74) is 1.15. The highest BCUT2D eigenvalue weighted by Crippen LogP contribution is 2.32. The van der Waals surface area contributed by atoms with Crippen LogP contribution in [-0.4, -0.2) is 0 Å². The number of alkyl halides is 2. The first-order valence-electron chi connectivity index (χ1n) is 5.01. The second kappa shape index (κ2) is 5.43. The van der Waals surface area contributed by atoms with Crippen molar-refractivity contribution in [2.75, 3.05) is 0 Å². The van der Waals surface area contributed by atoms with Crippen molar-refractivity contribution in [1.82, 2.24) is 0 Å². The van der Waals surface area contributed by atoms with Crippen molar-refractivity contribution < 1.29 is 8.78 Å². The lowest BCUT2D eigenvalue weighted by molar-refractivity contribution is 0.151. The number of hydrogen-bond acceptors (Lipinski definition) is 0. The number of benzene rings is 2. The minimum Gasteiger partial charge on any atom is -0.205 e. The van der Waals surface area contributed by atoms with Gasteiger partial charge in [-0.3, -0.25) is 0 Å². The van der Waals surface area contributed by atoms with E-state index in [1.165, 1.54) is 12.1 Å². The maximum Gasteiger partial charge on any atom is 0.263 e. The zero-order valence-electron chi connectivity index (χ0n) is 8.93. The molecule has 0 aliphatic carbocycles. The largest absolute Gasteiger partial charge is 0.263 e. The Hall–Kier alpha value is -0.830. The van der Waals surface area contributed by atoms with Gasteiger partial charge in [-0.15, -0.1) is 0 Å². The van der Waals surface area contributed by atoms with E-state index in [2.05, 4.69) is 0 Å². The molecular weight excluding hydrogens is 300 g/mol. The lowest BCUT2D eigenvalue weighted by Gasteiger charge is -2.07. The molecule has 0 heterocycles. The minimum absolute atomic E-state index is 0.122. The second-order valence-corrected chi connectivity index (χ2v) is 4.95. The third kappa shape index (κ3) is 2.94. The quantitative estimate of drug-likeness (QED) is 0.615. The molecule has 0 aliphatic rings. The molecule has 0 nitrogen and oxygen atoms in total. The van der Waals surface area contributed by atoms with Gasteiger partial charge in [0.1, 0.15) is 0 Å². The summed E-state index contributed by atoms with van der Waals surface area (Å²) in [6.07, 6.45) is -2.56. The summed E-state index contributed by atoms with van der Waals surface area (Å²) in [6, 6.07) is 9.17. The van der Waals surface area contributed by atoms with Crippen LogP contribution in [0.15, 0.2) is 36.4 Å². The molecule has 18 heavy (non-hydrogen) atoms. The van der Waals surface area contributed by atoms with Crippen molar-refractivity contribution in [2.24, 2.45) is 0 Å². The zero-order chi connectivity index (χ0) is 13.3. The van der Waals surface area contributed by atoms with Crippen LogP contribution in [0.3, 0.4) is 0 Å². The van der Waals surface area contributed by atoms with E-state index < -0.39 is 6.43 Å². The molecule has 0 unspecified atom stereocenters. The molecule has 0 aromatic heterocycles. The number of rotatable bonds is 2. The van der Waals surface area contributed by atoms with E-state index in [-0.39, 0.29) is 10.6 Å². The third-order valence-corrected chi connectivity index (χ3v) is 3.38. The SMILES string of the molecule is FC(F)c1cc(Cl)cc(-c2ccc(Cl)c(Cl)c2)c1. The van der Waals surface area contributed by atoms with Crippen molar-refractivity contribution in [2.45, 2.75) is 6.43 Å². The Labute approximate surface area is 118 Å². The highest BCUT2D eigenvalue weighted by molar-refractivity contribution is 6.42. The maximum atomic E-state index is 12.7. The molecule has 0 N–H and O–H groups in total. The van der Waals surface area contributed by atoms with Gasteiger partial charge < -0.3 is 0 Å². The van der Waals surface area contributed by atoms with Crippen molar-refractivity contribution >= 4 is 34.8 Å². The van der Waals surface area contributed by atoms with Crippen LogP contribution < -0.4 is 0 Å². The van der Waals surface area contributed by atoms with Crippen LogP contribution in [0.4, 0.5) is 8.78 Å². The first kappa shape index (κ1) is 13.6. The molecule has 0 atom stereocenters. The standard InChI is InChI=1S/C13H7Cl3F2/c14-10-4-8(3-9(5-10)13(17)18)7-1-2-11(15)12(16)6-7/h1-6,13H. The summed E-state index contributed by atoms with van der Waals surface area (Å²) in [5, 5.41) is 1.04. The van der Waals surface area contributed by atoms with E-state index in [1.54, 1.807) is 24.3 Å². The fourth-order valence-electron chi connectivity index (χ4n) is 1.58. The molecule has 0 bridgehead atoms. The summed E-state index contributed by atoms with van der Waals surface area (Å²) in [7, 11) is 0. The van der Waals surface area contributed by atoms with Crippen molar-refractivity contribution in [3.05, 3.63) is 57.0 Å². The smallest absolute Gasteiger partial charge is 0.205 e. The highest BCUT2D eigenvalue weighted by Gasteiger charge is 2.11. The van der Waals surface area contributed by atoms with Gasteiger partial charge in [0, 0.05) is 10.6 Å². The van der Waals surface area contributed by atoms with Crippen molar-refractivity contribution in [3.8, 4) is 11.1 Å². The van der Waals surface area contributed by atoms with Gasteiger partial charge in [0.25, 0.3) is 6.43 Å². The molecule has 0 radical (unpaired) electrons. The van der Waals surface area contributed by atoms with E-state index in [4.69, 9.17) is 34.8 Å². The highest BCUT2D eigenvalue weighted by atomic mass is 35.5. The minimum atomic E-state index is -2.56. The fraction of sp³-hybridized carbons (Fsp3) is 0.0769. The second-order valence-electron chi connectivity index (χ2n) is 3.70. The summed E-state index contributed by atoms with van der Waals surface area (Å²) in [6.45, 7) is 0. The molecule has 0 fully saturated rings. The molecule has 0 amide bonds. The molecule has 2 aromatic carbocycles. The van der Waals surface area contributed by atoms with Gasteiger partial charge in [0.05, 0.1) is 10.0 Å². The third-order valence-electron chi connectivity index (χ3n) is 2.43. The summed E-state index contributed by atoms with van der Waals surface area (Å²) >= 11 is 17.5. The number of halogens is 5. The lowest BCUT2D eigenvalue weighted by Crippen LogP contribution is -1.87. The molecule has 2 aromatic rings. The topological polar surface area (TPSA) is 0 Å². The van der Waals surface area contributed by atoms with Crippen LogP contribution in [0.2, 0.25) is 15.1 Å². The Morgan fingerprint density at radius 2 is 1.50 bits per heavy atom. The zero-order valence-corrected chi connectivity index (χ0v) is 11.2. The Morgan fingerprint density at radius 1 is 0.778 bits per heavy atom. The first-order valence-corrected chi connectivity index (χ1v) is 6.15. The van der Waals surface area contributed by atoms with Crippen molar-refractivity contribution in [1.29, 1.82) is 0 Å². The number of hydrogen-bond donors (Lipinski definition) is 0. The Kier molecular flexibility index (Phi) is 4.10. The van der Waals surface area contributed by atoms with Gasteiger partial charge in [0.2, 0.25) is 0 Å². The van der Waals surface area contributed by atoms with E-state index in [1.807, 2.05) is 0 Å². The Balaban J connectivity index is 2.53. The first-order chi connectivity index (χ1) is 8.47. The molecule has 2 rings (SSSR count). The van der Waals surface area contributed by atoms with Crippen LogP contribution in [-0.2, 0) is 0 Å². The van der Waals surface area contributed by atoms with Gasteiger partial charge in [0.15, 0.2) is 0 Å². The predicted octanol–water partition coefficient (Wildman–Crippen LogP) is 6.25. The molecule has 94 valence electrons. The summed E-state index contributed by atoms with van der Waals surface area (Å²) < 4.78 is 25.4. The molecular formula is C13H7Cl3F2.